The highest BCUT2D eigenvalue weighted by Crippen LogP contribution is 2.21. The quantitative estimate of drug-likeness (QED) is 0.558. The zero-order valence-electron chi connectivity index (χ0n) is 7.59. The van der Waals surface area contributed by atoms with Gasteiger partial charge < -0.3 is 10.2 Å². The Hall–Kier alpha value is -1.51. The Labute approximate surface area is 82.4 Å². The normalized spacial score (nSPS) is 10.8. The van der Waals surface area contributed by atoms with Crippen molar-refractivity contribution in [2.75, 3.05) is 0 Å². The largest absolute Gasteiger partial charge is 0.364 e. The number of aliphatic hydroxyl groups excluding tert-OH is 1. The number of hydrogen-bond acceptors (Lipinski definition) is 2. The van der Waals surface area contributed by atoms with Crippen LogP contribution in [-0.2, 0) is 0 Å². The summed E-state index contributed by atoms with van der Waals surface area (Å²) in [6, 6.07) is 15.2. The second kappa shape index (κ2) is 3.70. The molecule has 0 unspecified atom stereocenters. The summed E-state index contributed by atoms with van der Waals surface area (Å²) in [5.41, 5.74) is 2.74. The van der Waals surface area contributed by atoms with Gasteiger partial charge in [-0.15, -0.1) is 29.8 Å². The molecule has 2 aromatic carbocycles. The molecule has 0 aliphatic rings. The van der Waals surface area contributed by atoms with E-state index < -0.39 is 6.29 Å². The standard InChI is InChI=1S/C12H11O2/c13-12(14)11-7-5-10(6-8-11)9-3-1-2-4-9/h1-8,12-14H/q-1. The van der Waals surface area contributed by atoms with E-state index in [1.807, 2.05) is 36.4 Å². The predicted molar refractivity (Wildman–Crippen MR) is 54.6 cm³/mol. The van der Waals surface area contributed by atoms with Gasteiger partial charge in [0.05, 0.1) is 0 Å². The van der Waals surface area contributed by atoms with E-state index >= 15 is 0 Å². The third-order valence-electron chi connectivity index (χ3n) is 2.20. The van der Waals surface area contributed by atoms with Crippen LogP contribution in [0.2, 0.25) is 0 Å². The molecule has 0 fully saturated rings. The Balaban J connectivity index is 2.31. The second-order valence-corrected chi connectivity index (χ2v) is 3.17. The SMILES string of the molecule is OC(O)c1ccc(-[c-]2cccc2)cc1. The van der Waals surface area contributed by atoms with Gasteiger partial charge in [0.15, 0.2) is 6.29 Å². The van der Waals surface area contributed by atoms with E-state index in [2.05, 4.69) is 0 Å². The summed E-state index contributed by atoms with van der Waals surface area (Å²) in [4.78, 5) is 0. The smallest absolute Gasteiger partial charge is 0.177 e. The highest BCUT2D eigenvalue weighted by molar-refractivity contribution is 5.64. The van der Waals surface area contributed by atoms with Crippen molar-refractivity contribution in [2.45, 2.75) is 6.29 Å². The minimum Gasteiger partial charge on any atom is -0.364 e. The second-order valence-electron chi connectivity index (χ2n) is 3.17. The van der Waals surface area contributed by atoms with Gasteiger partial charge in [-0.3, -0.25) is 0 Å². The average molecular weight is 187 g/mol. The van der Waals surface area contributed by atoms with Gasteiger partial charge in [0.25, 0.3) is 0 Å². The molecule has 2 nitrogen and oxygen atoms in total. The van der Waals surface area contributed by atoms with E-state index in [9.17, 15) is 0 Å². The molecule has 0 radical (unpaired) electrons. The molecule has 2 rings (SSSR count). The maximum Gasteiger partial charge on any atom is 0.177 e. The van der Waals surface area contributed by atoms with Crippen molar-refractivity contribution in [1.29, 1.82) is 0 Å². The monoisotopic (exact) mass is 187 g/mol. The Kier molecular flexibility index (Phi) is 2.39. The summed E-state index contributed by atoms with van der Waals surface area (Å²) >= 11 is 0. The molecule has 0 bridgehead atoms. The Bertz CT molecular complexity index is 385. The number of hydrogen-bond donors (Lipinski definition) is 2. The van der Waals surface area contributed by atoms with Crippen molar-refractivity contribution in [3.8, 4) is 11.1 Å². The summed E-state index contributed by atoms with van der Waals surface area (Å²) in [6.45, 7) is 0. The molecule has 0 spiro atoms. The van der Waals surface area contributed by atoms with Gasteiger partial charge in [0.2, 0.25) is 0 Å². The van der Waals surface area contributed by atoms with Crippen LogP contribution in [0, 0.1) is 0 Å². The van der Waals surface area contributed by atoms with E-state index in [0.717, 1.165) is 11.1 Å². The van der Waals surface area contributed by atoms with Crippen LogP contribution in [-0.4, -0.2) is 10.2 Å². The van der Waals surface area contributed by atoms with Crippen LogP contribution >= 0.6 is 0 Å². The van der Waals surface area contributed by atoms with Gasteiger partial charge in [-0.25, -0.2) is 0 Å². The first-order valence-corrected chi connectivity index (χ1v) is 4.45. The summed E-state index contributed by atoms with van der Waals surface area (Å²) in [6.07, 6.45) is -1.39. The maximum absolute atomic E-state index is 8.90. The number of benzene rings is 1. The van der Waals surface area contributed by atoms with Crippen molar-refractivity contribution >= 4 is 0 Å². The predicted octanol–water partition coefficient (Wildman–Crippen LogP) is 2.06. The minimum atomic E-state index is -1.39. The highest BCUT2D eigenvalue weighted by Gasteiger charge is 1.98. The fourth-order valence-corrected chi connectivity index (χ4v) is 1.41. The third-order valence-corrected chi connectivity index (χ3v) is 2.20. The molecule has 0 saturated heterocycles. The van der Waals surface area contributed by atoms with E-state index in [4.69, 9.17) is 10.2 Å². The molecule has 2 heteroatoms. The van der Waals surface area contributed by atoms with Gasteiger partial charge >= 0.3 is 0 Å². The summed E-state index contributed by atoms with van der Waals surface area (Å²) < 4.78 is 0. The summed E-state index contributed by atoms with van der Waals surface area (Å²) in [5, 5.41) is 17.8. The van der Waals surface area contributed by atoms with Crippen LogP contribution in [0.1, 0.15) is 11.9 Å². The lowest BCUT2D eigenvalue weighted by Gasteiger charge is -2.08. The van der Waals surface area contributed by atoms with Gasteiger partial charge in [-0.05, 0) is 5.56 Å². The average Bonchev–Trinajstić information content (AvgIpc) is 2.71. The summed E-state index contributed by atoms with van der Waals surface area (Å²) in [7, 11) is 0. The van der Waals surface area contributed by atoms with Crippen LogP contribution in [0.25, 0.3) is 11.1 Å². The van der Waals surface area contributed by atoms with Crippen molar-refractivity contribution in [3.05, 3.63) is 54.1 Å². The van der Waals surface area contributed by atoms with Gasteiger partial charge in [-0.2, -0.15) is 12.1 Å². The lowest BCUT2D eigenvalue weighted by atomic mass is 10.1. The Morgan fingerprint density at radius 2 is 1.50 bits per heavy atom. The molecule has 2 aromatic rings. The van der Waals surface area contributed by atoms with Crippen molar-refractivity contribution in [2.24, 2.45) is 0 Å². The highest BCUT2D eigenvalue weighted by atomic mass is 16.5. The minimum absolute atomic E-state index is 0.514. The molecule has 72 valence electrons. The first kappa shape index (κ1) is 9.06. The van der Waals surface area contributed by atoms with Crippen molar-refractivity contribution in [1.82, 2.24) is 0 Å². The number of rotatable bonds is 2. The molecule has 0 aromatic heterocycles. The molecule has 0 heterocycles. The van der Waals surface area contributed by atoms with Gasteiger partial charge in [-0.1, -0.05) is 17.7 Å². The molecule has 0 saturated carbocycles. The molecule has 0 aliphatic carbocycles. The first-order chi connectivity index (χ1) is 6.77. The van der Waals surface area contributed by atoms with E-state index in [1.165, 1.54) is 0 Å². The fraction of sp³-hybridized carbons (Fsp3) is 0.0833. The van der Waals surface area contributed by atoms with Crippen molar-refractivity contribution < 1.29 is 10.2 Å². The topological polar surface area (TPSA) is 40.5 Å². The van der Waals surface area contributed by atoms with Crippen LogP contribution in [0.5, 0.6) is 0 Å². The molecule has 0 aliphatic heterocycles. The van der Waals surface area contributed by atoms with Gasteiger partial charge in [0, 0.05) is 0 Å². The molecule has 2 N–H and O–H groups in total. The lowest BCUT2D eigenvalue weighted by molar-refractivity contribution is -0.0424. The Morgan fingerprint density at radius 1 is 0.929 bits per heavy atom. The van der Waals surface area contributed by atoms with Crippen LogP contribution in [0.4, 0.5) is 0 Å². The third kappa shape index (κ3) is 1.71. The molecule has 0 amide bonds. The zero-order chi connectivity index (χ0) is 9.97. The van der Waals surface area contributed by atoms with Crippen LogP contribution in [0.15, 0.2) is 48.5 Å². The maximum atomic E-state index is 8.90. The van der Waals surface area contributed by atoms with Crippen molar-refractivity contribution in [3.63, 3.8) is 0 Å². The zero-order valence-corrected chi connectivity index (χ0v) is 7.59. The lowest BCUT2D eigenvalue weighted by Crippen LogP contribution is -1.93. The van der Waals surface area contributed by atoms with E-state index in [1.54, 1.807) is 12.1 Å². The van der Waals surface area contributed by atoms with E-state index in [-0.39, 0.29) is 0 Å². The molecule has 0 atom stereocenters. The van der Waals surface area contributed by atoms with Gasteiger partial charge in [0.1, 0.15) is 0 Å². The van der Waals surface area contributed by atoms with Crippen LogP contribution < -0.4 is 0 Å². The summed E-state index contributed by atoms with van der Waals surface area (Å²) in [5.74, 6) is 0. The molecular weight excluding hydrogens is 176 g/mol. The Morgan fingerprint density at radius 3 is 2.00 bits per heavy atom. The fourth-order valence-electron chi connectivity index (χ4n) is 1.41. The molecular formula is C12H11O2-. The van der Waals surface area contributed by atoms with Crippen LogP contribution in [0.3, 0.4) is 0 Å². The van der Waals surface area contributed by atoms with E-state index in [0.29, 0.717) is 5.56 Å². The first-order valence-electron chi connectivity index (χ1n) is 4.45. The molecule has 14 heavy (non-hydrogen) atoms. The number of aliphatic hydroxyl groups is 2.